The Balaban J connectivity index is 1.61. The van der Waals surface area contributed by atoms with E-state index in [0.29, 0.717) is 24.7 Å². The van der Waals surface area contributed by atoms with Crippen molar-refractivity contribution in [3.05, 3.63) is 97.6 Å². The molecule has 4 rings (SSSR count). The van der Waals surface area contributed by atoms with Crippen molar-refractivity contribution in [3.63, 3.8) is 0 Å². The van der Waals surface area contributed by atoms with Gasteiger partial charge in [0.25, 0.3) is 0 Å². The largest absolute Gasteiger partial charge is 0.490 e. The van der Waals surface area contributed by atoms with E-state index in [1.54, 1.807) is 6.08 Å². The summed E-state index contributed by atoms with van der Waals surface area (Å²) in [5.74, 6) is 0.954. The van der Waals surface area contributed by atoms with Gasteiger partial charge in [-0.15, -0.1) is 0 Å². The van der Waals surface area contributed by atoms with Gasteiger partial charge in [0.2, 0.25) is 5.90 Å². The summed E-state index contributed by atoms with van der Waals surface area (Å²) in [6.45, 7) is 4.84. The first-order chi connectivity index (χ1) is 15.9. The van der Waals surface area contributed by atoms with Gasteiger partial charge >= 0.3 is 5.97 Å². The number of esters is 1. The normalized spacial score (nSPS) is 14.2. The maximum atomic E-state index is 12.4. The lowest BCUT2D eigenvalue weighted by Crippen LogP contribution is -2.05. The molecule has 0 fully saturated rings. The minimum absolute atomic E-state index is 0.216. The van der Waals surface area contributed by atoms with E-state index in [2.05, 4.69) is 42.9 Å². The smallest absolute Gasteiger partial charge is 0.363 e. The summed E-state index contributed by atoms with van der Waals surface area (Å²) in [6, 6.07) is 19.3. The Hall–Kier alpha value is -2.90. The lowest BCUT2D eigenvalue weighted by Gasteiger charge is -2.15. The van der Waals surface area contributed by atoms with Gasteiger partial charge in [-0.05, 0) is 77.3 Å². The summed E-state index contributed by atoms with van der Waals surface area (Å²) in [5, 5.41) is 0. The van der Waals surface area contributed by atoms with Crippen LogP contribution >= 0.6 is 31.9 Å². The molecule has 1 aliphatic heterocycles. The Morgan fingerprint density at radius 2 is 1.85 bits per heavy atom. The van der Waals surface area contributed by atoms with Crippen LogP contribution < -0.4 is 9.47 Å². The number of hydrogen-bond acceptors (Lipinski definition) is 5. The molecule has 0 radical (unpaired) electrons. The number of carbonyl (C=O) groups is 1. The molecule has 3 aromatic carbocycles. The predicted molar refractivity (Wildman–Crippen MR) is 136 cm³/mol. The van der Waals surface area contributed by atoms with E-state index in [9.17, 15) is 4.79 Å². The highest BCUT2D eigenvalue weighted by molar-refractivity contribution is 9.10. The first-order valence-corrected chi connectivity index (χ1v) is 11.9. The lowest BCUT2D eigenvalue weighted by atomic mass is 10.1. The molecule has 0 aliphatic carbocycles. The van der Waals surface area contributed by atoms with E-state index in [1.807, 2.05) is 68.4 Å². The van der Waals surface area contributed by atoms with Crippen LogP contribution in [-0.2, 0) is 16.1 Å². The van der Waals surface area contributed by atoms with Gasteiger partial charge in [-0.25, -0.2) is 9.79 Å². The van der Waals surface area contributed by atoms with Gasteiger partial charge in [-0.2, -0.15) is 0 Å². The number of ether oxygens (including phenoxy) is 3. The van der Waals surface area contributed by atoms with E-state index in [-0.39, 0.29) is 11.6 Å². The number of halogens is 2. The van der Waals surface area contributed by atoms with Gasteiger partial charge in [-0.1, -0.05) is 51.8 Å². The fourth-order valence-corrected chi connectivity index (χ4v) is 4.32. The first-order valence-electron chi connectivity index (χ1n) is 10.4. The van der Waals surface area contributed by atoms with Crippen LogP contribution in [0.2, 0.25) is 0 Å². The molecule has 3 aromatic rings. The molecule has 1 aliphatic rings. The van der Waals surface area contributed by atoms with Gasteiger partial charge in [0.05, 0.1) is 11.1 Å². The fourth-order valence-electron chi connectivity index (χ4n) is 3.34. The molecule has 0 saturated carbocycles. The highest BCUT2D eigenvalue weighted by Crippen LogP contribution is 2.38. The van der Waals surface area contributed by atoms with Crippen LogP contribution in [0.1, 0.15) is 29.2 Å². The molecule has 0 amide bonds. The molecule has 168 valence electrons. The van der Waals surface area contributed by atoms with Crippen molar-refractivity contribution < 1.29 is 19.0 Å². The number of benzene rings is 3. The summed E-state index contributed by atoms with van der Waals surface area (Å²) in [7, 11) is 0. The van der Waals surface area contributed by atoms with Crippen molar-refractivity contribution in [1.82, 2.24) is 0 Å². The standard InChI is InChI=1S/C26H21Br2NO4/c1-3-31-23-13-18(11-21(28)24(23)32-15-17-7-4-6-16(2)10-17)12-22-26(30)33-25(29-22)19-8-5-9-20(27)14-19/h4-14H,3,15H2,1-2H3/b22-12-. The quantitative estimate of drug-likeness (QED) is 0.230. The number of aryl methyl sites for hydroxylation is 1. The van der Waals surface area contributed by atoms with Crippen molar-refractivity contribution in [1.29, 1.82) is 0 Å². The van der Waals surface area contributed by atoms with E-state index < -0.39 is 5.97 Å². The van der Waals surface area contributed by atoms with Crippen LogP contribution in [0.15, 0.2) is 80.3 Å². The number of rotatable bonds is 7. The lowest BCUT2D eigenvalue weighted by molar-refractivity contribution is -0.129. The van der Waals surface area contributed by atoms with Crippen LogP contribution in [-0.4, -0.2) is 18.5 Å². The number of aliphatic imine (C=N–C) groups is 1. The summed E-state index contributed by atoms with van der Waals surface area (Å²) in [6.07, 6.45) is 1.67. The van der Waals surface area contributed by atoms with Crippen molar-refractivity contribution in [2.24, 2.45) is 4.99 Å². The van der Waals surface area contributed by atoms with Crippen molar-refractivity contribution in [3.8, 4) is 11.5 Å². The topological polar surface area (TPSA) is 57.1 Å². The van der Waals surface area contributed by atoms with Crippen LogP contribution in [0.3, 0.4) is 0 Å². The zero-order valence-corrected chi connectivity index (χ0v) is 21.3. The zero-order chi connectivity index (χ0) is 23.4. The Morgan fingerprint density at radius 1 is 1.03 bits per heavy atom. The highest BCUT2D eigenvalue weighted by atomic mass is 79.9. The van der Waals surface area contributed by atoms with Crippen molar-refractivity contribution in [2.75, 3.05) is 6.61 Å². The van der Waals surface area contributed by atoms with E-state index >= 15 is 0 Å². The second kappa shape index (κ2) is 10.4. The maximum absolute atomic E-state index is 12.4. The fraction of sp³-hybridized carbons (Fsp3) is 0.154. The van der Waals surface area contributed by atoms with E-state index in [1.165, 1.54) is 5.56 Å². The second-order valence-corrected chi connectivity index (χ2v) is 9.16. The average Bonchev–Trinajstić information content (AvgIpc) is 3.14. The van der Waals surface area contributed by atoms with Crippen LogP contribution in [0.5, 0.6) is 11.5 Å². The molecule has 0 bridgehead atoms. The second-order valence-electron chi connectivity index (χ2n) is 7.39. The summed E-state index contributed by atoms with van der Waals surface area (Å²) >= 11 is 7.01. The molecule has 5 nitrogen and oxygen atoms in total. The highest BCUT2D eigenvalue weighted by Gasteiger charge is 2.24. The molecule has 0 unspecified atom stereocenters. The molecule has 0 saturated heterocycles. The van der Waals surface area contributed by atoms with E-state index in [0.717, 1.165) is 25.6 Å². The summed E-state index contributed by atoms with van der Waals surface area (Å²) in [4.78, 5) is 16.8. The van der Waals surface area contributed by atoms with Crippen molar-refractivity contribution in [2.45, 2.75) is 20.5 Å². The molecule has 0 N–H and O–H groups in total. The zero-order valence-electron chi connectivity index (χ0n) is 18.1. The molecule has 33 heavy (non-hydrogen) atoms. The van der Waals surface area contributed by atoms with Gasteiger partial charge in [-0.3, -0.25) is 0 Å². The summed E-state index contributed by atoms with van der Waals surface area (Å²) in [5.41, 5.74) is 3.91. The molecule has 0 aromatic heterocycles. The van der Waals surface area contributed by atoms with Gasteiger partial charge in [0, 0.05) is 10.0 Å². The van der Waals surface area contributed by atoms with Gasteiger partial charge in [0.15, 0.2) is 17.2 Å². The minimum Gasteiger partial charge on any atom is -0.490 e. The molecule has 1 heterocycles. The molecular formula is C26H21Br2NO4. The van der Waals surface area contributed by atoms with Crippen LogP contribution in [0.4, 0.5) is 0 Å². The minimum atomic E-state index is -0.501. The number of cyclic esters (lactones) is 1. The Bertz CT molecular complexity index is 1270. The third kappa shape index (κ3) is 5.72. The molecule has 7 heteroatoms. The van der Waals surface area contributed by atoms with Crippen molar-refractivity contribution >= 4 is 49.8 Å². The molecular weight excluding hydrogens is 550 g/mol. The molecule has 0 atom stereocenters. The first kappa shape index (κ1) is 23.3. The number of hydrogen-bond donors (Lipinski definition) is 0. The number of carbonyl (C=O) groups excluding carboxylic acids is 1. The van der Waals surface area contributed by atoms with Gasteiger partial charge < -0.3 is 14.2 Å². The van der Waals surface area contributed by atoms with Crippen LogP contribution in [0, 0.1) is 6.92 Å². The third-order valence-electron chi connectivity index (χ3n) is 4.79. The van der Waals surface area contributed by atoms with Gasteiger partial charge in [0.1, 0.15) is 6.61 Å². The monoisotopic (exact) mass is 569 g/mol. The maximum Gasteiger partial charge on any atom is 0.363 e. The number of nitrogens with zero attached hydrogens (tertiary/aromatic N) is 1. The molecule has 0 spiro atoms. The van der Waals surface area contributed by atoms with E-state index in [4.69, 9.17) is 14.2 Å². The Kier molecular flexibility index (Phi) is 7.30. The average molecular weight is 571 g/mol. The van der Waals surface area contributed by atoms with Crippen LogP contribution in [0.25, 0.3) is 6.08 Å². The predicted octanol–water partition coefficient (Wildman–Crippen LogP) is 6.84. The Labute approximate surface area is 209 Å². The third-order valence-corrected chi connectivity index (χ3v) is 5.88. The SMILES string of the molecule is CCOc1cc(/C=C2\N=C(c3cccc(Br)c3)OC2=O)cc(Br)c1OCc1cccc(C)c1. The Morgan fingerprint density at radius 3 is 2.61 bits per heavy atom. The summed E-state index contributed by atoms with van der Waals surface area (Å²) < 4.78 is 18.9.